The smallest absolute Gasteiger partial charge is 0.410 e. The first-order chi connectivity index (χ1) is 8.92. The average molecular weight is 275 g/mol. The molecule has 0 aromatic rings. The fourth-order valence-electron chi connectivity index (χ4n) is 1.60. The van der Waals surface area contributed by atoms with Crippen molar-refractivity contribution in [1.82, 2.24) is 4.90 Å². The Kier molecular flexibility index (Phi) is 6.54. The van der Waals surface area contributed by atoms with E-state index >= 15 is 0 Å². The predicted octanol–water partition coefficient (Wildman–Crippen LogP) is 1.02. The molecule has 19 heavy (non-hydrogen) atoms. The second-order valence-electron chi connectivity index (χ2n) is 5.57. The number of hydrogen-bond donors (Lipinski definition) is 1. The van der Waals surface area contributed by atoms with Crippen LogP contribution in [-0.2, 0) is 14.2 Å². The number of nitrogens with zero attached hydrogens (tertiary/aromatic N) is 1. The molecule has 1 heterocycles. The minimum atomic E-state index is -0.451. The topological polar surface area (TPSA) is 68.2 Å². The van der Waals surface area contributed by atoms with Gasteiger partial charge in [-0.1, -0.05) is 0 Å². The molecule has 6 nitrogen and oxygen atoms in total. The maximum atomic E-state index is 11.6. The highest BCUT2D eigenvalue weighted by Gasteiger charge is 2.34. The predicted molar refractivity (Wildman–Crippen MR) is 70.1 cm³/mol. The lowest BCUT2D eigenvalue weighted by molar-refractivity contribution is -0.0668. The van der Waals surface area contributed by atoms with Gasteiger partial charge in [0.15, 0.2) is 0 Å². The third-order valence-corrected chi connectivity index (χ3v) is 2.52. The van der Waals surface area contributed by atoms with Crippen molar-refractivity contribution in [3.8, 4) is 0 Å². The number of rotatable bonds is 7. The van der Waals surface area contributed by atoms with Crippen molar-refractivity contribution in [1.29, 1.82) is 0 Å². The fraction of sp³-hybridized carbons (Fsp3) is 0.923. The quantitative estimate of drug-likeness (QED) is 0.703. The molecule has 1 amide bonds. The Morgan fingerprint density at radius 3 is 2.53 bits per heavy atom. The minimum absolute atomic E-state index is 0.0499. The average Bonchev–Trinajstić information content (AvgIpc) is 2.22. The molecule has 1 fully saturated rings. The van der Waals surface area contributed by atoms with Crippen LogP contribution in [0.15, 0.2) is 0 Å². The van der Waals surface area contributed by atoms with Gasteiger partial charge in [0.05, 0.1) is 32.4 Å². The highest BCUT2D eigenvalue weighted by molar-refractivity contribution is 5.69. The van der Waals surface area contributed by atoms with E-state index in [4.69, 9.17) is 19.3 Å². The Morgan fingerprint density at radius 2 is 1.95 bits per heavy atom. The summed E-state index contributed by atoms with van der Waals surface area (Å²) in [6.45, 7) is 8.35. The fourth-order valence-corrected chi connectivity index (χ4v) is 1.60. The van der Waals surface area contributed by atoms with E-state index in [2.05, 4.69) is 0 Å². The molecule has 0 unspecified atom stereocenters. The first-order valence-electron chi connectivity index (χ1n) is 6.70. The van der Waals surface area contributed by atoms with Crippen LogP contribution >= 0.6 is 0 Å². The Bertz CT molecular complexity index is 271. The molecule has 1 aliphatic rings. The molecular weight excluding hydrogens is 250 g/mol. The largest absolute Gasteiger partial charge is 0.444 e. The molecule has 6 heteroatoms. The van der Waals surface area contributed by atoms with Crippen LogP contribution in [0.2, 0.25) is 0 Å². The van der Waals surface area contributed by atoms with Gasteiger partial charge >= 0.3 is 6.09 Å². The van der Waals surface area contributed by atoms with Crippen molar-refractivity contribution in [2.75, 3.05) is 39.5 Å². The number of carbonyl (C=O) groups is 1. The summed E-state index contributed by atoms with van der Waals surface area (Å²) >= 11 is 0. The van der Waals surface area contributed by atoms with E-state index in [1.807, 2.05) is 20.8 Å². The zero-order valence-electron chi connectivity index (χ0n) is 12.1. The second kappa shape index (κ2) is 7.67. The number of carbonyl (C=O) groups excluding carboxylic acids is 1. The van der Waals surface area contributed by atoms with Crippen molar-refractivity contribution in [2.24, 2.45) is 0 Å². The summed E-state index contributed by atoms with van der Waals surface area (Å²) in [4.78, 5) is 13.3. The van der Waals surface area contributed by atoms with E-state index in [-0.39, 0.29) is 18.8 Å². The lowest BCUT2D eigenvalue weighted by atomic mass is 10.2. The summed E-state index contributed by atoms with van der Waals surface area (Å²) in [5.74, 6) is 0. The number of ether oxygens (including phenoxy) is 3. The van der Waals surface area contributed by atoms with E-state index in [1.165, 1.54) is 0 Å². The van der Waals surface area contributed by atoms with Crippen molar-refractivity contribution in [3.05, 3.63) is 0 Å². The Hall–Kier alpha value is -0.850. The van der Waals surface area contributed by atoms with Crippen molar-refractivity contribution in [2.45, 2.75) is 38.9 Å². The van der Waals surface area contributed by atoms with Crippen molar-refractivity contribution >= 4 is 6.09 Å². The Morgan fingerprint density at radius 1 is 1.26 bits per heavy atom. The molecule has 0 aromatic carbocycles. The highest BCUT2D eigenvalue weighted by Crippen LogP contribution is 2.17. The summed E-state index contributed by atoms with van der Waals surface area (Å²) in [6.07, 6.45) is 0.618. The SMILES string of the molecule is CC(C)(C)OC(=O)N1CC(OCCCOCCO)C1. The number of likely N-dealkylation sites (tertiary alicyclic amines) is 1. The van der Waals surface area contributed by atoms with Crippen LogP contribution in [-0.4, -0.2) is 67.3 Å². The first-order valence-corrected chi connectivity index (χ1v) is 6.70. The maximum Gasteiger partial charge on any atom is 0.410 e. The van der Waals surface area contributed by atoms with Gasteiger partial charge in [0.1, 0.15) is 5.60 Å². The number of aliphatic hydroxyl groups excluding tert-OH is 1. The third-order valence-electron chi connectivity index (χ3n) is 2.52. The zero-order chi connectivity index (χ0) is 14.3. The monoisotopic (exact) mass is 275 g/mol. The molecular formula is C13H25NO5. The number of aliphatic hydroxyl groups is 1. The van der Waals surface area contributed by atoms with Crippen LogP contribution in [0.5, 0.6) is 0 Å². The molecule has 1 N–H and O–H groups in total. The van der Waals surface area contributed by atoms with Gasteiger partial charge in [-0.3, -0.25) is 0 Å². The van der Waals surface area contributed by atoms with E-state index in [0.717, 1.165) is 6.42 Å². The molecule has 1 aliphatic heterocycles. The maximum absolute atomic E-state index is 11.6. The molecule has 0 saturated carbocycles. The molecule has 1 rings (SSSR count). The number of amides is 1. The van der Waals surface area contributed by atoms with Gasteiger partial charge in [-0.05, 0) is 27.2 Å². The van der Waals surface area contributed by atoms with Crippen LogP contribution in [0, 0.1) is 0 Å². The van der Waals surface area contributed by atoms with Gasteiger partial charge in [-0.15, -0.1) is 0 Å². The molecule has 1 saturated heterocycles. The van der Waals surface area contributed by atoms with Crippen molar-refractivity contribution in [3.63, 3.8) is 0 Å². The second-order valence-corrected chi connectivity index (χ2v) is 5.57. The van der Waals surface area contributed by atoms with E-state index in [9.17, 15) is 4.79 Å². The molecule has 0 bridgehead atoms. The van der Waals surface area contributed by atoms with E-state index < -0.39 is 5.60 Å². The lowest BCUT2D eigenvalue weighted by Gasteiger charge is -2.39. The summed E-state index contributed by atoms with van der Waals surface area (Å²) in [5, 5.41) is 8.51. The highest BCUT2D eigenvalue weighted by atomic mass is 16.6. The third kappa shape index (κ3) is 6.75. The first kappa shape index (κ1) is 16.2. The van der Waals surface area contributed by atoms with Crippen molar-refractivity contribution < 1.29 is 24.1 Å². The van der Waals surface area contributed by atoms with Gasteiger partial charge in [0.25, 0.3) is 0 Å². The van der Waals surface area contributed by atoms with Gasteiger partial charge in [0, 0.05) is 13.2 Å². The van der Waals surface area contributed by atoms with Crippen LogP contribution in [0.3, 0.4) is 0 Å². The lowest BCUT2D eigenvalue weighted by Crippen LogP contribution is -2.56. The standard InChI is InChI=1S/C13H25NO5/c1-13(2,3)19-12(16)14-9-11(10-14)18-7-4-6-17-8-5-15/h11,15H,4-10H2,1-3H3. The minimum Gasteiger partial charge on any atom is -0.444 e. The summed E-state index contributed by atoms with van der Waals surface area (Å²) in [7, 11) is 0. The molecule has 112 valence electrons. The van der Waals surface area contributed by atoms with E-state index in [1.54, 1.807) is 4.90 Å². The Labute approximate surface area is 114 Å². The molecule has 0 radical (unpaired) electrons. The van der Waals surface area contributed by atoms with Gasteiger partial charge in [-0.2, -0.15) is 0 Å². The van der Waals surface area contributed by atoms with Crippen LogP contribution < -0.4 is 0 Å². The molecule has 0 spiro atoms. The summed E-state index contributed by atoms with van der Waals surface area (Å²) < 4.78 is 15.9. The molecule has 0 aromatic heterocycles. The van der Waals surface area contributed by atoms with E-state index in [0.29, 0.717) is 32.9 Å². The van der Waals surface area contributed by atoms with Gasteiger partial charge in [-0.25, -0.2) is 4.79 Å². The Balaban J connectivity index is 1.99. The van der Waals surface area contributed by atoms with Crippen LogP contribution in [0.4, 0.5) is 4.79 Å². The summed E-state index contributed by atoms with van der Waals surface area (Å²) in [6, 6.07) is 0. The molecule has 0 aliphatic carbocycles. The van der Waals surface area contributed by atoms with Gasteiger partial charge < -0.3 is 24.2 Å². The number of hydrogen-bond acceptors (Lipinski definition) is 5. The zero-order valence-corrected chi connectivity index (χ0v) is 12.1. The molecule has 0 atom stereocenters. The normalized spacial score (nSPS) is 16.3. The van der Waals surface area contributed by atoms with Crippen LogP contribution in [0.25, 0.3) is 0 Å². The van der Waals surface area contributed by atoms with Crippen LogP contribution in [0.1, 0.15) is 27.2 Å². The van der Waals surface area contributed by atoms with Gasteiger partial charge in [0.2, 0.25) is 0 Å². The summed E-state index contributed by atoms with van der Waals surface area (Å²) in [5.41, 5.74) is -0.451.